The Labute approximate surface area is 130 Å². The topological polar surface area (TPSA) is 30.5 Å². The fourth-order valence-corrected chi connectivity index (χ4v) is 2.23. The van der Waals surface area contributed by atoms with E-state index in [0.717, 1.165) is 41.6 Å². The molecule has 1 N–H and O–H groups in total. The van der Waals surface area contributed by atoms with Crippen molar-refractivity contribution in [2.75, 3.05) is 20.8 Å². The van der Waals surface area contributed by atoms with E-state index in [1.807, 2.05) is 30.3 Å². The molecule has 0 heterocycles. The average Bonchev–Trinajstić information content (AvgIpc) is 2.53. The molecule has 0 spiro atoms. The maximum atomic E-state index is 5.87. The van der Waals surface area contributed by atoms with Gasteiger partial charge in [-0.1, -0.05) is 29.8 Å². The Hall–Kier alpha value is -1.71. The van der Waals surface area contributed by atoms with Crippen molar-refractivity contribution in [2.45, 2.75) is 13.0 Å². The highest BCUT2D eigenvalue weighted by molar-refractivity contribution is 6.30. The molecule has 0 saturated carbocycles. The van der Waals surface area contributed by atoms with Crippen LogP contribution in [0.3, 0.4) is 0 Å². The van der Waals surface area contributed by atoms with Gasteiger partial charge in [-0.2, -0.15) is 0 Å². The van der Waals surface area contributed by atoms with E-state index in [9.17, 15) is 0 Å². The summed E-state index contributed by atoms with van der Waals surface area (Å²) < 4.78 is 10.6. The standard InChI is InChI=1S/C17H20ClNO2/c1-20-16-8-5-14(17(11-16)21-2)12-19-10-9-13-3-6-15(18)7-4-13/h3-8,11,19H,9-10,12H2,1-2H3. The number of hydrogen-bond acceptors (Lipinski definition) is 3. The number of methoxy groups -OCH3 is 2. The minimum Gasteiger partial charge on any atom is -0.497 e. The average molecular weight is 306 g/mol. The van der Waals surface area contributed by atoms with Gasteiger partial charge < -0.3 is 14.8 Å². The van der Waals surface area contributed by atoms with E-state index < -0.39 is 0 Å². The molecule has 0 aromatic heterocycles. The van der Waals surface area contributed by atoms with Gasteiger partial charge in [0.25, 0.3) is 0 Å². The molecule has 0 saturated heterocycles. The van der Waals surface area contributed by atoms with Crippen LogP contribution in [0.4, 0.5) is 0 Å². The van der Waals surface area contributed by atoms with Crippen LogP contribution in [0.2, 0.25) is 5.02 Å². The molecular weight excluding hydrogens is 286 g/mol. The van der Waals surface area contributed by atoms with Gasteiger partial charge in [-0.15, -0.1) is 0 Å². The van der Waals surface area contributed by atoms with E-state index >= 15 is 0 Å². The first-order valence-corrected chi connectivity index (χ1v) is 7.27. The molecule has 0 radical (unpaired) electrons. The minimum atomic E-state index is 0.765. The second kappa shape index (κ2) is 7.91. The summed E-state index contributed by atoms with van der Waals surface area (Å²) in [5.41, 5.74) is 2.39. The Bertz CT molecular complexity index is 570. The second-order valence-electron chi connectivity index (χ2n) is 4.73. The minimum absolute atomic E-state index is 0.765. The molecule has 3 nitrogen and oxygen atoms in total. The first kappa shape index (κ1) is 15.7. The summed E-state index contributed by atoms with van der Waals surface area (Å²) in [6, 6.07) is 13.8. The van der Waals surface area contributed by atoms with Gasteiger partial charge in [-0.05, 0) is 36.7 Å². The quantitative estimate of drug-likeness (QED) is 0.791. The van der Waals surface area contributed by atoms with Crippen molar-refractivity contribution < 1.29 is 9.47 Å². The van der Waals surface area contributed by atoms with Crippen LogP contribution in [-0.2, 0) is 13.0 Å². The largest absolute Gasteiger partial charge is 0.497 e. The van der Waals surface area contributed by atoms with Crippen LogP contribution in [-0.4, -0.2) is 20.8 Å². The zero-order valence-electron chi connectivity index (χ0n) is 12.4. The van der Waals surface area contributed by atoms with Crippen molar-refractivity contribution in [1.29, 1.82) is 0 Å². The smallest absolute Gasteiger partial charge is 0.127 e. The van der Waals surface area contributed by atoms with Crippen molar-refractivity contribution in [3.05, 3.63) is 58.6 Å². The van der Waals surface area contributed by atoms with Gasteiger partial charge in [0.1, 0.15) is 11.5 Å². The van der Waals surface area contributed by atoms with E-state index in [1.54, 1.807) is 14.2 Å². The summed E-state index contributed by atoms with van der Waals surface area (Å²) in [6.07, 6.45) is 0.968. The summed E-state index contributed by atoms with van der Waals surface area (Å²) in [5, 5.41) is 4.20. The zero-order valence-corrected chi connectivity index (χ0v) is 13.1. The molecule has 0 aliphatic carbocycles. The molecule has 0 unspecified atom stereocenters. The molecule has 0 aliphatic heterocycles. The van der Waals surface area contributed by atoms with Crippen LogP contribution in [0.15, 0.2) is 42.5 Å². The molecule has 0 fully saturated rings. The van der Waals surface area contributed by atoms with Crippen LogP contribution in [0.5, 0.6) is 11.5 Å². The van der Waals surface area contributed by atoms with Crippen LogP contribution < -0.4 is 14.8 Å². The van der Waals surface area contributed by atoms with Crippen LogP contribution in [0, 0.1) is 0 Å². The van der Waals surface area contributed by atoms with Crippen LogP contribution >= 0.6 is 11.6 Å². The highest BCUT2D eigenvalue weighted by Gasteiger charge is 2.04. The highest BCUT2D eigenvalue weighted by atomic mass is 35.5. The zero-order chi connectivity index (χ0) is 15.1. The number of benzene rings is 2. The lowest BCUT2D eigenvalue weighted by Crippen LogP contribution is -2.17. The molecule has 112 valence electrons. The third-order valence-corrected chi connectivity index (χ3v) is 3.57. The Balaban J connectivity index is 1.84. The monoisotopic (exact) mass is 305 g/mol. The van der Waals surface area contributed by atoms with Gasteiger partial charge in [0.2, 0.25) is 0 Å². The molecule has 0 bridgehead atoms. The normalized spacial score (nSPS) is 10.4. The predicted molar refractivity (Wildman–Crippen MR) is 86.4 cm³/mol. The van der Waals surface area contributed by atoms with E-state index in [1.165, 1.54) is 5.56 Å². The van der Waals surface area contributed by atoms with Gasteiger partial charge in [0.15, 0.2) is 0 Å². The Morgan fingerprint density at radius 3 is 2.43 bits per heavy atom. The van der Waals surface area contributed by atoms with Gasteiger partial charge in [0.05, 0.1) is 14.2 Å². The van der Waals surface area contributed by atoms with E-state index in [4.69, 9.17) is 21.1 Å². The van der Waals surface area contributed by atoms with E-state index in [2.05, 4.69) is 17.4 Å². The van der Waals surface area contributed by atoms with Gasteiger partial charge >= 0.3 is 0 Å². The van der Waals surface area contributed by atoms with E-state index in [0.29, 0.717) is 0 Å². The molecular formula is C17H20ClNO2. The predicted octanol–water partition coefficient (Wildman–Crippen LogP) is 3.69. The summed E-state index contributed by atoms with van der Waals surface area (Å²) in [4.78, 5) is 0. The number of ether oxygens (including phenoxy) is 2. The van der Waals surface area contributed by atoms with Crippen molar-refractivity contribution in [2.24, 2.45) is 0 Å². The maximum Gasteiger partial charge on any atom is 0.127 e. The highest BCUT2D eigenvalue weighted by Crippen LogP contribution is 2.24. The molecule has 0 atom stereocenters. The fourth-order valence-electron chi connectivity index (χ4n) is 2.10. The maximum absolute atomic E-state index is 5.87. The Morgan fingerprint density at radius 2 is 1.76 bits per heavy atom. The first-order valence-electron chi connectivity index (χ1n) is 6.89. The number of nitrogens with one attached hydrogen (secondary N) is 1. The fraction of sp³-hybridized carbons (Fsp3) is 0.294. The number of halogens is 1. The SMILES string of the molecule is COc1ccc(CNCCc2ccc(Cl)cc2)c(OC)c1. The number of hydrogen-bond donors (Lipinski definition) is 1. The first-order chi connectivity index (χ1) is 10.2. The third-order valence-electron chi connectivity index (χ3n) is 3.31. The summed E-state index contributed by atoms with van der Waals surface area (Å²) in [5.74, 6) is 1.64. The lowest BCUT2D eigenvalue weighted by Gasteiger charge is -2.11. The summed E-state index contributed by atoms with van der Waals surface area (Å²) >= 11 is 5.87. The molecule has 0 amide bonds. The second-order valence-corrected chi connectivity index (χ2v) is 5.17. The van der Waals surface area contributed by atoms with Crippen LogP contribution in [0.25, 0.3) is 0 Å². The van der Waals surface area contributed by atoms with Crippen molar-refractivity contribution in [3.63, 3.8) is 0 Å². The molecule has 2 aromatic carbocycles. The lowest BCUT2D eigenvalue weighted by molar-refractivity contribution is 0.390. The molecule has 2 aromatic rings. The number of rotatable bonds is 7. The van der Waals surface area contributed by atoms with Gasteiger partial charge in [-0.3, -0.25) is 0 Å². The van der Waals surface area contributed by atoms with Crippen molar-refractivity contribution in [3.8, 4) is 11.5 Å². The van der Waals surface area contributed by atoms with Gasteiger partial charge in [-0.25, -0.2) is 0 Å². The molecule has 21 heavy (non-hydrogen) atoms. The van der Waals surface area contributed by atoms with Crippen molar-refractivity contribution in [1.82, 2.24) is 5.32 Å². The summed E-state index contributed by atoms with van der Waals surface area (Å²) in [6.45, 7) is 1.66. The molecule has 0 aliphatic rings. The lowest BCUT2D eigenvalue weighted by atomic mass is 10.1. The van der Waals surface area contributed by atoms with Crippen LogP contribution in [0.1, 0.15) is 11.1 Å². The molecule has 2 rings (SSSR count). The Kier molecular flexibility index (Phi) is 5.90. The molecule has 4 heteroatoms. The summed E-state index contributed by atoms with van der Waals surface area (Å²) in [7, 11) is 3.32. The van der Waals surface area contributed by atoms with Crippen molar-refractivity contribution >= 4 is 11.6 Å². The third kappa shape index (κ3) is 4.66. The van der Waals surface area contributed by atoms with E-state index in [-0.39, 0.29) is 0 Å². The Morgan fingerprint density at radius 1 is 1.00 bits per heavy atom. The van der Waals surface area contributed by atoms with Gasteiger partial charge in [0, 0.05) is 23.2 Å².